The summed E-state index contributed by atoms with van der Waals surface area (Å²) in [6.07, 6.45) is 0.624. The van der Waals surface area contributed by atoms with Gasteiger partial charge in [0.25, 0.3) is 0 Å². The standard InChI is InChI=1S/C13H26N2O/c1-6-13(16)15-11(4)8-14(7-10(2)3)9-12(15)5/h10-12H,6-9H2,1-5H3. The first-order valence-electron chi connectivity index (χ1n) is 6.49. The molecule has 0 aromatic carbocycles. The highest BCUT2D eigenvalue weighted by Gasteiger charge is 2.31. The fraction of sp³-hybridized carbons (Fsp3) is 0.923. The van der Waals surface area contributed by atoms with E-state index in [0.717, 1.165) is 19.6 Å². The van der Waals surface area contributed by atoms with Crippen LogP contribution in [0.3, 0.4) is 0 Å². The molecule has 1 heterocycles. The molecule has 3 heteroatoms. The maximum absolute atomic E-state index is 11.8. The first kappa shape index (κ1) is 13.5. The second-order valence-corrected chi connectivity index (χ2v) is 5.46. The number of nitrogens with zero attached hydrogens (tertiary/aromatic N) is 2. The highest BCUT2D eigenvalue weighted by Crippen LogP contribution is 2.17. The summed E-state index contributed by atoms with van der Waals surface area (Å²) < 4.78 is 0. The Balaban J connectivity index is 2.60. The minimum absolute atomic E-state index is 0.296. The topological polar surface area (TPSA) is 23.6 Å². The average Bonchev–Trinajstić information content (AvgIpc) is 2.15. The van der Waals surface area contributed by atoms with Crippen molar-refractivity contribution >= 4 is 5.91 Å². The first-order valence-corrected chi connectivity index (χ1v) is 6.49. The Kier molecular flexibility index (Phi) is 4.78. The monoisotopic (exact) mass is 226 g/mol. The Morgan fingerprint density at radius 3 is 2.12 bits per heavy atom. The van der Waals surface area contributed by atoms with Crippen molar-refractivity contribution in [2.45, 2.75) is 53.1 Å². The highest BCUT2D eigenvalue weighted by molar-refractivity contribution is 5.76. The van der Waals surface area contributed by atoms with Crippen molar-refractivity contribution in [1.82, 2.24) is 9.80 Å². The lowest BCUT2D eigenvalue weighted by atomic mass is 10.1. The van der Waals surface area contributed by atoms with E-state index in [1.165, 1.54) is 0 Å². The van der Waals surface area contributed by atoms with Gasteiger partial charge in [0.2, 0.25) is 5.91 Å². The SMILES string of the molecule is CCC(=O)N1C(C)CN(CC(C)C)CC1C. The Morgan fingerprint density at radius 1 is 1.25 bits per heavy atom. The van der Waals surface area contributed by atoms with Crippen molar-refractivity contribution in [3.05, 3.63) is 0 Å². The van der Waals surface area contributed by atoms with Crippen molar-refractivity contribution in [2.24, 2.45) is 5.92 Å². The Morgan fingerprint density at radius 2 is 1.75 bits per heavy atom. The summed E-state index contributed by atoms with van der Waals surface area (Å²) in [5.41, 5.74) is 0. The van der Waals surface area contributed by atoms with Crippen LogP contribution in [0, 0.1) is 5.92 Å². The fourth-order valence-electron chi connectivity index (χ4n) is 2.77. The molecule has 0 spiro atoms. The molecular weight excluding hydrogens is 200 g/mol. The zero-order valence-corrected chi connectivity index (χ0v) is 11.4. The number of hydrogen-bond acceptors (Lipinski definition) is 2. The zero-order valence-electron chi connectivity index (χ0n) is 11.4. The molecule has 94 valence electrons. The minimum atomic E-state index is 0.296. The largest absolute Gasteiger partial charge is 0.335 e. The Hall–Kier alpha value is -0.570. The van der Waals surface area contributed by atoms with E-state index in [1.54, 1.807) is 0 Å². The van der Waals surface area contributed by atoms with Gasteiger partial charge in [0.1, 0.15) is 0 Å². The van der Waals surface area contributed by atoms with Gasteiger partial charge in [-0.2, -0.15) is 0 Å². The molecule has 1 aliphatic rings. The molecule has 0 aromatic heterocycles. The molecule has 0 aliphatic carbocycles. The van der Waals surface area contributed by atoms with Crippen LogP contribution >= 0.6 is 0 Å². The van der Waals surface area contributed by atoms with E-state index in [2.05, 4.69) is 37.5 Å². The Bertz CT molecular complexity index is 228. The van der Waals surface area contributed by atoms with E-state index in [-0.39, 0.29) is 0 Å². The molecule has 1 saturated heterocycles. The predicted molar refractivity (Wildman–Crippen MR) is 67.3 cm³/mol. The highest BCUT2D eigenvalue weighted by atomic mass is 16.2. The van der Waals surface area contributed by atoms with Crippen LogP contribution in [0.15, 0.2) is 0 Å². The van der Waals surface area contributed by atoms with Crippen molar-refractivity contribution in [2.75, 3.05) is 19.6 Å². The number of amides is 1. The molecule has 0 bridgehead atoms. The van der Waals surface area contributed by atoms with Gasteiger partial charge >= 0.3 is 0 Å². The van der Waals surface area contributed by atoms with Crippen molar-refractivity contribution in [3.8, 4) is 0 Å². The lowest BCUT2D eigenvalue weighted by molar-refractivity contribution is -0.138. The molecule has 1 amide bonds. The van der Waals surface area contributed by atoms with Crippen LogP contribution in [0.5, 0.6) is 0 Å². The van der Waals surface area contributed by atoms with Crippen LogP contribution in [0.1, 0.15) is 41.0 Å². The maximum Gasteiger partial charge on any atom is 0.222 e. The number of carbonyl (C=O) groups is 1. The second kappa shape index (κ2) is 5.67. The van der Waals surface area contributed by atoms with E-state index < -0.39 is 0 Å². The van der Waals surface area contributed by atoms with Crippen LogP contribution < -0.4 is 0 Å². The molecule has 0 radical (unpaired) electrons. The molecule has 0 aromatic rings. The van der Waals surface area contributed by atoms with E-state index in [0.29, 0.717) is 30.3 Å². The second-order valence-electron chi connectivity index (χ2n) is 5.46. The van der Waals surface area contributed by atoms with Gasteiger partial charge in [-0.3, -0.25) is 9.69 Å². The van der Waals surface area contributed by atoms with Crippen LogP contribution in [-0.2, 0) is 4.79 Å². The van der Waals surface area contributed by atoms with E-state index in [1.807, 2.05) is 6.92 Å². The number of carbonyl (C=O) groups excluding carboxylic acids is 1. The summed E-state index contributed by atoms with van der Waals surface area (Å²) in [6.45, 7) is 14.0. The molecule has 1 rings (SSSR count). The summed E-state index contributed by atoms with van der Waals surface area (Å²) in [6, 6.07) is 0.713. The van der Waals surface area contributed by atoms with Gasteiger partial charge in [-0.15, -0.1) is 0 Å². The van der Waals surface area contributed by atoms with Gasteiger partial charge in [0.15, 0.2) is 0 Å². The number of rotatable bonds is 3. The molecule has 2 atom stereocenters. The summed E-state index contributed by atoms with van der Waals surface area (Å²) >= 11 is 0. The van der Waals surface area contributed by atoms with E-state index >= 15 is 0 Å². The van der Waals surface area contributed by atoms with E-state index in [9.17, 15) is 4.79 Å². The van der Waals surface area contributed by atoms with Crippen LogP contribution in [0.4, 0.5) is 0 Å². The molecular formula is C13H26N2O. The van der Waals surface area contributed by atoms with E-state index in [4.69, 9.17) is 0 Å². The molecule has 3 nitrogen and oxygen atoms in total. The number of hydrogen-bond donors (Lipinski definition) is 0. The molecule has 1 aliphatic heterocycles. The van der Waals surface area contributed by atoms with Gasteiger partial charge in [-0.05, 0) is 19.8 Å². The molecule has 1 fully saturated rings. The third-order valence-electron chi connectivity index (χ3n) is 3.21. The molecule has 0 N–H and O–H groups in total. The summed E-state index contributed by atoms with van der Waals surface area (Å²) in [5.74, 6) is 0.997. The van der Waals surface area contributed by atoms with Gasteiger partial charge in [-0.1, -0.05) is 20.8 Å². The third kappa shape index (κ3) is 3.21. The minimum Gasteiger partial charge on any atom is -0.335 e. The first-order chi connectivity index (χ1) is 7.45. The van der Waals surface area contributed by atoms with Crippen molar-refractivity contribution in [1.29, 1.82) is 0 Å². The summed E-state index contributed by atoms with van der Waals surface area (Å²) in [7, 11) is 0. The van der Waals surface area contributed by atoms with Crippen molar-refractivity contribution in [3.63, 3.8) is 0 Å². The summed E-state index contributed by atoms with van der Waals surface area (Å²) in [4.78, 5) is 16.4. The summed E-state index contributed by atoms with van der Waals surface area (Å²) in [5, 5.41) is 0. The van der Waals surface area contributed by atoms with Gasteiger partial charge in [-0.25, -0.2) is 0 Å². The van der Waals surface area contributed by atoms with Crippen LogP contribution in [0.2, 0.25) is 0 Å². The zero-order chi connectivity index (χ0) is 12.3. The van der Waals surface area contributed by atoms with Gasteiger partial charge in [0, 0.05) is 38.1 Å². The molecule has 2 unspecified atom stereocenters. The van der Waals surface area contributed by atoms with Gasteiger partial charge in [0.05, 0.1) is 0 Å². The van der Waals surface area contributed by atoms with Gasteiger partial charge < -0.3 is 4.90 Å². The lowest BCUT2D eigenvalue weighted by Gasteiger charge is -2.45. The predicted octanol–water partition coefficient (Wildman–Crippen LogP) is 1.97. The fourth-order valence-corrected chi connectivity index (χ4v) is 2.77. The quantitative estimate of drug-likeness (QED) is 0.734. The number of piperazine rings is 1. The van der Waals surface area contributed by atoms with Crippen LogP contribution in [0.25, 0.3) is 0 Å². The molecule has 0 saturated carbocycles. The Labute approximate surface area is 99.8 Å². The van der Waals surface area contributed by atoms with Crippen molar-refractivity contribution < 1.29 is 4.79 Å². The maximum atomic E-state index is 11.8. The molecule has 16 heavy (non-hydrogen) atoms. The lowest BCUT2D eigenvalue weighted by Crippen LogP contribution is -2.58. The average molecular weight is 226 g/mol. The van der Waals surface area contributed by atoms with Crippen LogP contribution in [-0.4, -0.2) is 47.4 Å². The normalized spacial score (nSPS) is 27.5. The smallest absolute Gasteiger partial charge is 0.222 e. The third-order valence-corrected chi connectivity index (χ3v) is 3.21.